The van der Waals surface area contributed by atoms with Gasteiger partial charge in [-0.3, -0.25) is 14.4 Å². The molecule has 1 atom stereocenters. The largest absolute Gasteiger partial charge is 0.481 e. The Labute approximate surface area is 165 Å². The third kappa shape index (κ3) is 6.64. The highest BCUT2D eigenvalue weighted by Gasteiger charge is 2.16. The van der Waals surface area contributed by atoms with Crippen molar-refractivity contribution >= 4 is 17.8 Å². The summed E-state index contributed by atoms with van der Waals surface area (Å²) in [5.74, 6) is -2.83. The van der Waals surface area contributed by atoms with Crippen LogP contribution in [0.2, 0.25) is 0 Å². The number of carboxylic acid groups (broad SMARTS) is 1. The van der Waals surface area contributed by atoms with E-state index in [-0.39, 0.29) is 30.6 Å². The molecule has 0 fully saturated rings. The van der Waals surface area contributed by atoms with Crippen molar-refractivity contribution in [1.29, 1.82) is 0 Å². The number of carboxylic acids is 1. The lowest BCUT2D eigenvalue weighted by atomic mass is 10.1. The molecule has 150 valence electrons. The van der Waals surface area contributed by atoms with Gasteiger partial charge in [-0.15, -0.1) is 0 Å². The molecule has 0 saturated carbocycles. The monoisotopic (exact) mass is 399 g/mol. The van der Waals surface area contributed by atoms with Crippen LogP contribution in [-0.4, -0.2) is 35.5 Å². The maximum Gasteiger partial charge on any atom is 0.305 e. The fourth-order valence-electron chi connectivity index (χ4n) is 2.47. The van der Waals surface area contributed by atoms with Crippen LogP contribution in [0.3, 0.4) is 0 Å². The number of carbonyl (C=O) groups excluding carboxylic acids is 2. The van der Waals surface area contributed by atoms with Crippen molar-refractivity contribution in [3.05, 3.63) is 81.5 Å². The van der Waals surface area contributed by atoms with Crippen molar-refractivity contribution in [3.8, 4) is 0 Å². The van der Waals surface area contributed by atoms with Crippen LogP contribution < -0.4 is 10.6 Å². The van der Waals surface area contributed by atoms with Gasteiger partial charge in [0.15, 0.2) is 0 Å². The topological polar surface area (TPSA) is 144 Å². The molecule has 2 amide bonds. The van der Waals surface area contributed by atoms with E-state index in [9.17, 15) is 18.8 Å². The molecular formula is C19H18FN5O4. The van der Waals surface area contributed by atoms with Crippen molar-refractivity contribution < 1.29 is 23.9 Å². The van der Waals surface area contributed by atoms with Crippen LogP contribution in [0.25, 0.3) is 10.4 Å². The highest BCUT2D eigenvalue weighted by Crippen LogP contribution is 2.08. The third-order valence-electron chi connectivity index (χ3n) is 3.91. The lowest BCUT2D eigenvalue weighted by Gasteiger charge is -2.14. The first-order chi connectivity index (χ1) is 13.9. The zero-order valence-electron chi connectivity index (χ0n) is 15.2. The minimum atomic E-state index is -1.13. The standard InChI is InChI=1S/C19H18FN5O4/c20-16-4-2-1-3-15(16)19(29)22-10-12-5-7-13(8-6-12)18(28)24-14(9-17(26)27)11-23-25-21/h1-8,14H,9-11H2,(H,22,29)(H,24,28)(H,26,27)/t14-/m0/s1. The zero-order valence-corrected chi connectivity index (χ0v) is 15.2. The van der Waals surface area contributed by atoms with Gasteiger partial charge >= 0.3 is 5.97 Å². The van der Waals surface area contributed by atoms with Crippen LogP contribution in [0, 0.1) is 5.82 Å². The van der Waals surface area contributed by atoms with E-state index in [1.54, 1.807) is 18.2 Å². The fraction of sp³-hybridized carbons (Fsp3) is 0.211. The number of nitrogens with one attached hydrogen (secondary N) is 2. The molecule has 0 aliphatic rings. The van der Waals surface area contributed by atoms with Gasteiger partial charge in [0.1, 0.15) is 5.82 Å². The average Bonchev–Trinajstić information content (AvgIpc) is 2.70. The van der Waals surface area contributed by atoms with Crippen LogP contribution in [0.15, 0.2) is 53.6 Å². The molecule has 0 aliphatic heterocycles. The van der Waals surface area contributed by atoms with E-state index in [2.05, 4.69) is 20.7 Å². The Morgan fingerprint density at radius 1 is 1.10 bits per heavy atom. The van der Waals surface area contributed by atoms with Gasteiger partial charge in [-0.25, -0.2) is 4.39 Å². The number of benzene rings is 2. The Balaban J connectivity index is 1.95. The number of aliphatic carboxylic acids is 1. The fourth-order valence-corrected chi connectivity index (χ4v) is 2.47. The molecule has 2 aromatic rings. The molecule has 0 bridgehead atoms. The Bertz CT molecular complexity index is 938. The minimum Gasteiger partial charge on any atom is -0.481 e. The summed E-state index contributed by atoms with van der Waals surface area (Å²) in [5.41, 5.74) is 9.25. The molecule has 2 aromatic carbocycles. The predicted molar refractivity (Wildman–Crippen MR) is 102 cm³/mol. The minimum absolute atomic E-state index is 0.0620. The first-order valence-electron chi connectivity index (χ1n) is 8.56. The summed E-state index contributed by atoms with van der Waals surface area (Å²) in [5, 5.41) is 17.2. The number of carbonyl (C=O) groups is 3. The SMILES string of the molecule is [N-]=[N+]=NC[C@H](CC(=O)O)NC(=O)c1ccc(CNC(=O)c2ccccc2F)cc1. The second-order valence-electron chi connectivity index (χ2n) is 6.04. The normalized spacial score (nSPS) is 11.1. The second kappa shape index (κ2) is 10.4. The molecule has 0 aromatic heterocycles. The van der Waals surface area contributed by atoms with Gasteiger partial charge in [-0.05, 0) is 35.4 Å². The summed E-state index contributed by atoms with van der Waals surface area (Å²) in [6, 6.07) is 11.0. The van der Waals surface area contributed by atoms with Gasteiger partial charge in [0.05, 0.1) is 12.0 Å². The third-order valence-corrected chi connectivity index (χ3v) is 3.91. The van der Waals surface area contributed by atoms with Crippen molar-refractivity contribution in [2.75, 3.05) is 6.54 Å². The van der Waals surface area contributed by atoms with E-state index < -0.39 is 29.6 Å². The highest BCUT2D eigenvalue weighted by molar-refractivity contribution is 5.95. The van der Waals surface area contributed by atoms with E-state index in [4.69, 9.17) is 10.6 Å². The maximum atomic E-state index is 13.6. The molecule has 10 heteroatoms. The number of azide groups is 1. The molecule has 9 nitrogen and oxygen atoms in total. The molecule has 29 heavy (non-hydrogen) atoms. The Morgan fingerprint density at radius 2 is 1.79 bits per heavy atom. The van der Waals surface area contributed by atoms with Crippen LogP contribution >= 0.6 is 0 Å². The highest BCUT2D eigenvalue weighted by atomic mass is 19.1. The molecule has 0 saturated heterocycles. The first kappa shape index (κ1) is 21.4. The number of amides is 2. The molecule has 0 unspecified atom stereocenters. The summed E-state index contributed by atoms with van der Waals surface area (Å²) < 4.78 is 13.6. The second-order valence-corrected chi connectivity index (χ2v) is 6.04. The van der Waals surface area contributed by atoms with E-state index in [0.29, 0.717) is 5.56 Å². The van der Waals surface area contributed by atoms with Crippen LogP contribution in [-0.2, 0) is 11.3 Å². The van der Waals surface area contributed by atoms with Gasteiger partial charge < -0.3 is 15.7 Å². The molecule has 0 heterocycles. The Kier molecular flexibility index (Phi) is 7.69. The molecular weight excluding hydrogens is 381 g/mol. The summed E-state index contributed by atoms with van der Waals surface area (Å²) in [4.78, 5) is 37.7. The van der Waals surface area contributed by atoms with Crippen molar-refractivity contribution in [2.24, 2.45) is 5.11 Å². The number of hydrogen-bond acceptors (Lipinski definition) is 4. The average molecular weight is 399 g/mol. The molecule has 0 aliphatic carbocycles. The summed E-state index contributed by atoms with van der Waals surface area (Å²) in [6.07, 6.45) is -0.384. The number of halogens is 1. The van der Waals surface area contributed by atoms with E-state index in [1.807, 2.05) is 0 Å². The van der Waals surface area contributed by atoms with Crippen LogP contribution in [0.4, 0.5) is 4.39 Å². The van der Waals surface area contributed by atoms with Crippen LogP contribution in [0.1, 0.15) is 32.7 Å². The van der Waals surface area contributed by atoms with Crippen molar-refractivity contribution in [3.63, 3.8) is 0 Å². The number of nitrogens with zero attached hydrogens (tertiary/aromatic N) is 3. The molecule has 2 rings (SSSR count). The maximum absolute atomic E-state index is 13.6. The van der Waals surface area contributed by atoms with E-state index in [0.717, 1.165) is 0 Å². The molecule has 0 radical (unpaired) electrons. The summed E-state index contributed by atoms with van der Waals surface area (Å²) >= 11 is 0. The lowest BCUT2D eigenvalue weighted by Crippen LogP contribution is -2.38. The van der Waals surface area contributed by atoms with E-state index >= 15 is 0 Å². The van der Waals surface area contributed by atoms with Gasteiger partial charge in [-0.2, -0.15) is 0 Å². The van der Waals surface area contributed by atoms with Gasteiger partial charge in [0.25, 0.3) is 11.8 Å². The Morgan fingerprint density at radius 3 is 2.41 bits per heavy atom. The van der Waals surface area contributed by atoms with Crippen LogP contribution in [0.5, 0.6) is 0 Å². The lowest BCUT2D eigenvalue weighted by molar-refractivity contribution is -0.137. The Hall–Kier alpha value is -3.91. The number of hydrogen-bond donors (Lipinski definition) is 3. The molecule has 3 N–H and O–H groups in total. The van der Waals surface area contributed by atoms with Gasteiger partial charge in [-0.1, -0.05) is 29.4 Å². The smallest absolute Gasteiger partial charge is 0.305 e. The molecule has 0 spiro atoms. The number of rotatable bonds is 9. The first-order valence-corrected chi connectivity index (χ1v) is 8.56. The van der Waals surface area contributed by atoms with E-state index in [1.165, 1.54) is 30.3 Å². The summed E-state index contributed by atoms with van der Waals surface area (Å²) in [7, 11) is 0. The van der Waals surface area contributed by atoms with Gasteiger partial charge in [0.2, 0.25) is 0 Å². The quantitative estimate of drug-likeness (QED) is 0.338. The van der Waals surface area contributed by atoms with Gasteiger partial charge in [0, 0.05) is 29.6 Å². The zero-order chi connectivity index (χ0) is 21.2. The summed E-state index contributed by atoms with van der Waals surface area (Å²) in [6.45, 7) is -0.0533. The van der Waals surface area contributed by atoms with Crippen molar-refractivity contribution in [1.82, 2.24) is 10.6 Å². The predicted octanol–water partition coefficient (Wildman–Crippen LogP) is 2.64. The van der Waals surface area contributed by atoms with Crippen molar-refractivity contribution in [2.45, 2.75) is 19.0 Å².